The quantitative estimate of drug-likeness (QED) is 0.251. The minimum Gasteiger partial charge on any atom is -0.488 e. The Kier molecular flexibility index (Phi) is 9.13. The molecule has 2 saturated carbocycles. The normalized spacial score (nSPS) is 24.9. The number of benzene rings is 2. The molecule has 1 nitrogen and oxygen atoms in total. The van der Waals surface area contributed by atoms with Gasteiger partial charge >= 0.3 is 0 Å². The highest BCUT2D eigenvalue weighted by atomic mass is 19.1. The highest BCUT2D eigenvalue weighted by Crippen LogP contribution is 2.45. The van der Waals surface area contributed by atoms with Crippen LogP contribution >= 0.6 is 0 Å². The Morgan fingerprint density at radius 3 is 2.00 bits per heavy atom. The van der Waals surface area contributed by atoms with Crippen LogP contribution in [0.2, 0.25) is 0 Å². The molecule has 0 spiro atoms. The molecule has 0 N–H and O–H groups in total. The molecule has 0 unspecified atom stereocenters. The average Bonchev–Trinajstić information content (AvgIpc) is 2.86. The molecule has 0 aliphatic heterocycles. The predicted molar refractivity (Wildman–Crippen MR) is 133 cm³/mol. The maximum atomic E-state index is 15.1. The molecule has 0 radical (unpaired) electrons. The summed E-state index contributed by atoms with van der Waals surface area (Å²) < 4.78 is 61.1. The van der Waals surface area contributed by atoms with Crippen LogP contribution in [0.5, 0.6) is 5.75 Å². The summed E-state index contributed by atoms with van der Waals surface area (Å²) >= 11 is 0. The fourth-order valence-electron chi connectivity index (χ4n) is 6.38. The predicted octanol–water partition coefficient (Wildman–Crippen LogP) is 9.39. The van der Waals surface area contributed by atoms with Crippen LogP contribution in [0.25, 0.3) is 11.1 Å². The first kappa shape index (κ1) is 26.0. The van der Waals surface area contributed by atoms with E-state index in [1.807, 2.05) is 6.07 Å². The average molecular weight is 491 g/mol. The van der Waals surface area contributed by atoms with E-state index in [1.165, 1.54) is 57.4 Å². The molecule has 0 bridgehead atoms. The molecule has 0 heterocycles. The van der Waals surface area contributed by atoms with E-state index in [9.17, 15) is 13.2 Å². The molecule has 0 aromatic heterocycles. The second kappa shape index (κ2) is 12.3. The van der Waals surface area contributed by atoms with E-state index in [0.717, 1.165) is 48.3 Å². The molecule has 0 amide bonds. The maximum Gasteiger partial charge on any atom is 0.190 e. The zero-order chi connectivity index (χ0) is 24.8. The van der Waals surface area contributed by atoms with Crippen LogP contribution in [0, 0.1) is 35.2 Å². The van der Waals surface area contributed by atoms with Crippen molar-refractivity contribution in [1.82, 2.24) is 0 Å². The largest absolute Gasteiger partial charge is 0.488 e. The number of alkyl halides is 1. The van der Waals surface area contributed by atoms with Crippen LogP contribution in [-0.4, -0.2) is 13.3 Å². The Hall–Kier alpha value is -2.04. The standard InChI is InChI=1S/C30H38F4O/c1-2-4-20-5-7-21(8-6-20)22-9-11-23(12-10-22)24-13-14-26(27(32)17-24)25-18-28(33)30(29(34)19-25)35-16-3-15-31/h13-14,17-23H,2-12,15-16H2,1H3. The molecule has 2 fully saturated rings. The Balaban J connectivity index is 1.37. The summed E-state index contributed by atoms with van der Waals surface area (Å²) in [7, 11) is 0. The molecule has 35 heavy (non-hydrogen) atoms. The van der Waals surface area contributed by atoms with Crippen molar-refractivity contribution >= 4 is 0 Å². The number of halogens is 4. The summed E-state index contributed by atoms with van der Waals surface area (Å²) in [6.07, 6.45) is 12.8. The summed E-state index contributed by atoms with van der Waals surface area (Å²) in [4.78, 5) is 0. The third-order valence-electron chi connectivity index (χ3n) is 8.33. The van der Waals surface area contributed by atoms with Crippen molar-refractivity contribution in [2.75, 3.05) is 13.3 Å². The van der Waals surface area contributed by atoms with Crippen LogP contribution in [-0.2, 0) is 0 Å². The zero-order valence-corrected chi connectivity index (χ0v) is 20.8. The van der Waals surface area contributed by atoms with E-state index in [2.05, 4.69) is 6.92 Å². The smallest absolute Gasteiger partial charge is 0.190 e. The van der Waals surface area contributed by atoms with Crippen molar-refractivity contribution in [1.29, 1.82) is 0 Å². The molecule has 0 atom stereocenters. The number of hydrogen-bond acceptors (Lipinski definition) is 1. The van der Waals surface area contributed by atoms with Crippen molar-refractivity contribution in [3.8, 4) is 16.9 Å². The molecule has 0 saturated heterocycles. The van der Waals surface area contributed by atoms with Crippen molar-refractivity contribution in [2.45, 2.75) is 83.5 Å². The van der Waals surface area contributed by atoms with E-state index in [-0.39, 0.29) is 24.2 Å². The van der Waals surface area contributed by atoms with Gasteiger partial charge in [0, 0.05) is 12.0 Å². The van der Waals surface area contributed by atoms with Gasteiger partial charge in [0.1, 0.15) is 5.82 Å². The monoisotopic (exact) mass is 490 g/mol. The third kappa shape index (κ3) is 6.40. The zero-order valence-electron chi connectivity index (χ0n) is 20.8. The van der Waals surface area contributed by atoms with Crippen LogP contribution < -0.4 is 4.74 Å². The highest BCUT2D eigenvalue weighted by Gasteiger charge is 2.31. The molecule has 2 aromatic carbocycles. The molecular weight excluding hydrogens is 452 g/mol. The summed E-state index contributed by atoms with van der Waals surface area (Å²) in [5.41, 5.74) is 1.27. The molecule has 5 heteroatoms. The summed E-state index contributed by atoms with van der Waals surface area (Å²) in [5.74, 6) is 0.0888. The Bertz CT molecular complexity index is 936. The Morgan fingerprint density at radius 2 is 1.43 bits per heavy atom. The van der Waals surface area contributed by atoms with Gasteiger partial charge in [-0.05, 0) is 91.5 Å². The van der Waals surface area contributed by atoms with Gasteiger partial charge in [-0.3, -0.25) is 4.39 Å². The van der Waals surface area contributed by atoms with Crippen molar-refractivity contribution in [2.24, 2.45) is 17.8 Å². The summed E-state index contributed by atoms with van der Waals surface area (Å²) in [6.45, 7) is 1.54. The SMILES string of the molecule is CCCC1CCC(C2CCC(c3ccc(-c4cc(F)c(OCCCF)c(F)c4)c(F)c3)CC2)CC1. The van der Waals surface area contributed by atoms with Gasteiger partial charge in [-0.2, -0.15) is 0 Å². The molecule has 192 valence electrons. The molecule has 2 aliphatic rings. The first-order chi connectivity index (χ1) is 17.0. The minimum absolute atomic E-state index is 0.0543. The van der Waals surface area contributed by atoms with Gasteiger partial charge in [0.2, 0.25) is 0 Å². The summed E-state index contributed by atoms with van der Waals surface area (Å²) in [6, 6.07) is 7.22. The Labute approximate surface area is 207 Å². The van der Waals surface area contributed by atoms with Gasteiger partial charge in [-0.25, -0.2) is 13.2 Å². The Morgan fingerprint density at radius 1 is 0.800 bits per heavy atom. The topological polar surface area (TPSA) is 9.23 Å². The van der Waals surface area contributed by atoms with Gasteiger partial charge in [0.05, 0.1) is 13.3 Å². The fraction of sp³-hybridized carbons (Fsp3) is 0.600. The van der Waals surface area contributed by atoms with Crippen LogP contribution in [0.15, 0.2) is 30.3 Å². The van der Waals surface area contributed by atoms with Crippen molar-refractivity contribution in [3.63, 3.8) is 0 Å². The van der Waals surface area contributed by atoms with Crippen LogP contribution in [0.1, 0.15) is 89.0 Å². The maximum absolute atomic E-state index is 15.1. The van der Waals surface area contributed by atoms with Gasteiger partial charge in [-0.15, -0.1) is 0 Å². The van der Waals surface area contributed by atoms with E-state index < -0.39 is 29.9 Å². The van der Waals surface area contributed by atoms with Gasteiger partial charge in [0.15, 0.2) is 17.4 Å². The molecule has 2 aromatic rings. The lowest BCUT2D eigenvalue weighted by molar-refractivity contribution is 0.156. The molecular formula is C30H38F4O. The lowest BCUT2D eigenvalue weighted by Crippen LogP contribution is -2.25. The van der Waals surface area contributed by atoms with E-state index in [0.29, 0.717) is 5.92 Å². The third-order valence-corrected chi connectivity index (χ3v) is 8.33. The minimum atomic E-state index is -0.913. The molecule has 2 aliphatic carbocycles. The van der Waals surface area contributed by atoms with Gasteiger partial charge in [0.25, 0.3) is 0 Å². The van der Waals surface area contributed by atoms with Gasteiger partial charge < -0.3 is 4.74 Å². The first-order valence-electron chi connectivity index (χ1n) is 13.5. The number of rotatable bonds is 9. The van der Waals surface area contributed by atoms with E-state index >= 15 is 4.39 Å². The number of hydrogen-bond donors (Lipinski definition) is 0. The highest BCUT2D eigenvalue weighted by molar-refractivity contribution is 5.66. The lowest BCUT2D eigenvalue weighted by atomic mass is 9.68. The first-order valence-corrected chi connectivity index (χ1v) is 13.5. The second-order valence-corrected chi connectivity index (χ2v) is 10.6. The van der Waals surface area contributed by atoms with Crippen molar-refractivity contribution < 1.29 is 22.3 Å². The second-order valence-electron chi connectivity index (χ2n) is 10.6. The van der Waals surface area contributed by atoms with Crippen LogP contribution in [0.4, 0.5) is 17.6 Å². The van der Waals surface area contributed by atoms with E-state index in [1.54, 1.807) is 6.07 Å². The molecule has 4 rings (SSSR count). The lowest BCUT2D eigenvalue weighted by Gasteiger charge is -2.38. The van der Waals surface area contributed by atoms with E-state index in [4.69, 9.17) is 4.74 Å². The number of ether oxygens (including phenoxy) is 1. The van der Waals surface area contributed by atoms with Gasteiger partial charge in [-0.1, -0.05) is 44.7 Å². The fourth-order valence-corrected chi connectivity index (χ4v) is 6.38. The van der Waals surface area contributed by atoms with Crippen LogP contribution in [0.3, 0.4) is 0 Å². The summed E-state index contributed by atoms with van der Waals surface area (Å²) in [5, 5.41) is 0. The van der Waals surface area contributed by atoms with Crippen molar-refractivity contribution in [3.05, 3.63) is 53.3 Å².